The summed E-state index contributed by atoms with van der Waals surface area (Å²) in [6, 6.07) is 71.6. The molecule has 0 radical (unpaired) electrons. The van der Waals surface area contributed by atoms with E-state index in [0.717, 1.165) is 74.7 Å². The van der Waals surface area contributed by atoms with Gasteiger partial charge in [-0.05, 0) is 107 Å². The highest BCUT2D eigenvalue weighted by molar-refractivity contribution is 6.15. The molecular formula is C54H37N3. The van der Waals surface area contributed by atoms with Gasteiger partial charge in [0.15, 0.2) is 0 Å². The van der Waals surface area contributed by atoms with Crippen LogP contribution < -0.4 is 0 Å². The van der Waals surface area contributed by atoms with Gasteiger partial charge in [0.1, 0.15) is 0 Å². The quantitative estimate of drug-likeness (QED) is 0.164. The standard InChI is InChI=1S/C54H37N3/c1-6-16-36(17-7-1)42-30-47(38-20-10-3-11-21-38)55-49(32-42)44-28-40-26-27-41-29-45(35-52-54(41)53(40)51(34-44)57(52)46-24-14-5-15-25-46)50-33-43(37-18-8-2-9-19-37)31-48(56-50)39-22-12-4-13-23-39/h1-25,28-35H,26-27H2. The van der Waals surface area contributed by atoms with Gasteiger partial charge < -0.3 is 4.57 Å². The molecule has 0 bridgehead atoms. The van der Waals surface area contributed by atoms with E-state index in [9.17, 15) is 0 Å². The number of rotatable bonds is 7. The molecule has 3 aromatic heterocycles. The number of hydrogen-bond acceptors (Lipinski definition) is 2. The maximum Gasteiger partial charge on any atom is 0.0716 e. The Balaban J connectivity index is 1.16. The molecular weight excluding hydrogens is 691 g/mol. The number of nitrogens with zero attached hydrogens (tertiary/aromatic N) is 3. The molecule has 0 fully saturated rings. The van der Waals surface area contributed by atoms with E-state index < -0.39 is 0 Å². The Labute approximate surface area is 332 Å². The van der Waals surface area contributed by atoms with E-state index >= 15 is 0 Å². The highest BCUT2D eigenvalue weighted by Gasteiger charge is 2.25. The maximum atomic E-state index is 5.36. The average molecular weight is 728 g/mol. The summed E-state index contributed by atoms with van der Waals surface area (Å²) >= 11 is 0. The molecule has 0 saturated carbocycles. The Bertz CT molecular complexity index is 2770. The second kappa shape index (κ2) is 13.7. The van der Waals surface area contributed by atoms with Crippen LogP contribution in [-0.4, -0.2) is 14.5 Å². The van der Waals surface area contributed by atoms with E-state index in [1.165, 1.54) is 44.1 Å². The average Bonchev–Trinajstić information content (AvgIpc) is 3.64. The topological polar surface area (TPSA) is 30.7 Å². The fourth-order valence-electron chi connectivity index (χ4n) is 8.71. The molecule has 10 aromatic rings. The Hall–Kier alpha value is -7.36. The third-order valence-electron chi connectivity index (χ3n) is 11.4. The summed E-state index contributed by atoms with van der Waals surface area (Å²) in [5.74, 6) is 0. The largest absolute Gasteiger partial charge is 0.309 e. The lowest BCUT2D eigenvalue weighted by molar-refractivity contribution is 0.969. The van der Waals surface area contributed by atoms with Gasteiger partial charge in [-0.15, -0.1) is 0 Å². The lowest BCUT2D eigenvalue weighted by Crippen LogP contribution is -2.01. The van der Waals surface area contributed by atoms with Gasteiger partial charge in [0.2, 0.25) is 0 Å². The Morgan fingerprint density at radius 2 is 0.632 bits per heavy atom. The molecule has 11 rings (SSSR count). The van der Waals surface area contributed by atoms with Crippen LogP contribution >= 0.6 is 0 Å². The maximum absolute atomic E-state index is 5.36. The zero-order valence-electron chi connectivity index (χ0n) is 31.3. The van der Waals surface area contributed by atoms with Gasteiger partial charge in [-0.1, -0.05) is 140 Å². The second-order valence-electron chi connectivity index (χ2n) is 14.9. The van der Waals surface area contributed by atoms with Crippen molar-refractivity contribution < 1.29 is 0 Å². The lowest BCUT2D eigenvalue weighted by atomic mass is 9.87. The molecule has 3 heteroatoms. The zero-order valence-corrected chi connectivity index (χ0v) is 31.3. The summed E-state index contributed by atoms with van der Waals surface area (Å²) in [5, 5.41) is 2.67. The lowest BCUT2D eigenvalue weighted by Gasteiger charge is -2.17. The molecule has 268 valence electrons. The Morgan fingerprint density at radius 3 is 1.02 bits per heavy atom. The first-order valence-corrected chi connectivity index (χ1v) is 19.7. The van der Waals surface area contributed by atoms with E-state index in [0.29, 0.717) is 0 Å². The second-order valence-corrected chi connectivity index (χ2v) is 14.9. The van der Waals surface area contributed by atoms with Crippen LogP contribution in [0.4, 0.5) is 0 Å². The van der Waals surface area contributed by atoms with Crippen LogP contribution in [0.2, 0.25) is 0 Å². The summed E-state index contributed by atoms with van der Waals surface area (Å²) < 4.78 is 2.47. The van der Waals surface area contributed by atoms with Gasteiger partial charge in [-0.3, -0.25) is 0 Å². The summed E-state index contributed by atoms with van der Waals surface area (Å²) in [7, 11) is 0. The Kier molecular flexibility index (Phi) is 7.96. The van der Waals surface area contributed by atoms with Crippen molar-refractivity contribution in [1.82, 2.24) is 14.5 Å². The fraction of sp³-hybridized carbons (Fsp3) is 0.0370. The van der Waals surface area contributed by atoms with E-state index in [1.54, 1.807) is 0 Å². The molecule has 0 saturated heterocycles. The molecule has 7 aromatic carbocycles. The van der Waals surface area contributed by atoms with Gasteiger partial charge in [0, 0.05) is 38.7 Å². The smallest absolute Gasteiger partial charge is 0.0716 e. The van der Waals surface area contributed by atoms with Gasteiger partial charge in [0.05, 0.1) is 33.8 Å². The minimum atomic E-state index is 0.950. The third-order valence-corrected chi connectivity index (χ3v) is 11.4. The van der Waals surface area contributed by atoms with Crippen molar-refractivity contribution >= 4 is 21.8 Å². The molecule has 0 amide bonds. The van der Waals surface area contributed by atoms with Crippen molar-refractivity contribution in [3.63, 3.8) is 0 Å². The first kappa shape index (κ1) is 33.0. The van der Waals surface area contributed by atoms with Crippen LogP contribution in [0, 0.1) is 0 Å². The van der Waals surface area contributed by atoms with Crippen LogP contribution in [0.3, 0.4) is 0 Å². The molecule has 57 heavy (non-hydrogen) atoms. The number of para-hydroxylation sites is 1. The van der Waals surface area contributed by atoms with Crippen LogP contribution in [0.5, 0.6) is 0 Å². The van der Waals surface area contributed by atoms with Crippen LogP contribution in [0.15, 0.2) is 200 Å². The molecule has 1 aliphatic rings. The predicted molar refractivity (Wildman–Crippen MR) is 236 cm³/mol. The fourth-order valence-corrected chi connectivity index (χ4v) is 8.71. The minimum absolute atomic E-state index is 0.950. The van der Waals surface area contributed by atoms with E-state index in [-0.39, 0.29) is 0 Å². The summed E-state index contributed by atoms with van der Waals surface area (Å²) in [5.41, 5.74) is 19.3. The van der Waals surface area contributed by atoms with Gasteiger partial charge in [0.25, 0.3) is 0 Å². The number of pyridine rings is 2. The third kappa shape index (κ3) is 5.92. The van der Waals surface area contributed by atoms with E-state index in [2.05, 4.69) is 205 Å². The minimum Gasteiger partial charge on any atom is -0.309 e. The van der Waals surface area contributed by atoms with Crippen molar-refractivity contribution in [2.75, 3.05) is 0 Å². The predicted octanol–water partition coefficient (Wildman–Crippen LogP) is 13.7. The first-order chi connectivity index (χ1) is 28.2. The van der Waals surface area contributed by atoms with Crippen molar-refractivity contribution in [3.8, 4) is 73.0 Å². The summed E-state index contributed by atoms with van der Waals surface area (Å²) in [6.07, 6.45) is 1.90. The monoisotopic (exact) mass is 727 g/mol. The van der Waals surface area contributed by atoms with Crippen molar-refractivity contribution in [2.24, 2.45) is 0 Å². The molecule has 0 N–H and O–H groups in total. The first-order valence-electron chi connectivity index (χ1n) is 19.7. The summed E-state index contributed by atoms with van der Waals surface area (Å²) in [6.45, 7) is 0. The van der Waals surface area contributed by atoms with Crippen LogP contribution in [0.25, 0.3) is 94.8 Å². The Morgan fingerprint density at radius 1 is 0.298 bits per heavy atom. The highest BCUT2D eigenvalue weighted by atomic mass is 15.0. The number of hydrogen-bond donors (Lipinski definition) is 0. The molecule has 0 aliphatic heterocycles. The normalized spacial score (nSPS) is 12.1. The van der Waals surface area contributed by atoms with Crippen molar-refractivity contribution in [1.29, 1.82) is 0 Å². The number of benzene rings is 7. The molecule has 3 nitrogen and oxygen atoms in total. The zero-order chi connectivity index (χ0) is 37.7. The molecule has 0 unspecified atom stereocenters. The van der Waals surface area contributed by atoms with E-state index in [1.807, 2.05) is 0 Å². The SMILES string of the molecule is c1ccc(-c2cc(-c3ccccc3)nc(-c3cc4c5c6c(cc(-c7cc(-c8ccccc8)cc(-c8ccccc8)n7)cc6n(-c6ccccc6)c5c3)CC4)c2)cc1. The van der Waals surface area contributed by atoms with Crippen molar-refractivity contribution in [2.45, 2.75) is 12.8 Å². The van der Waals surface area contributed by atoms with Gasteiger partial charge >= 0.3 is 0 Å². The molecule has 0 atom stereocenters. The van der Waals surface area contributed by atoms with Gasteiger partial charge in [-0.25, -0.2) is 9.97 Å². The molecule has 0 spiro atoms. The highest BCUT2D eigenvalue weighted by Crippen LogP contribution is 2.44. The molecule has 3 heterocycles. The summed E-state index contributed by atoms with van der Waals surface area (Å²) in [4.78, 5) is 10.7. The number of aryl methyl sites for hydroxylation is 2. The molecule has 1 aliphatic carbocycles. The van der Waals surface area contributed by atoms with Crippen LogP contribution in [0.1, 0.15) is 11.1 Å². The van der Waals surface area contributed by atoms with Gasteiger partial charge in [-0.2, -0.15) is 0 Å². The van der Waals surface area contributed by atoms with Crippen molar-refractivity contribution in [3.05, 3.63) is 211 Å². The van der Waals surface area contributed by atoms with Crippen LogP contribution in [-0.2, 0) is 12.8 Å². The number of aromatic nitrogens is 3. The van der Waals surface area contributed by atoms with E-state index in [4.69, 9.17) is 9.97 Å².